The molecule has 0 aliphatic rings. The third-order valence-electron chi connectivity index (χ3n) is 3.32. The molecule has 0 fully saturated rings. The van der Waals surface area contributed by atoms with E-state index in [4.69, 9.17) is 5.73 Å². The first kappa shape index (κ1) is 16.4. The molecule has 3 nitrogen and oxygen atoms in total. The molecule has 0 heterocycles. The standard InChI is InChI=1S/C14H30N2O/c1-5-6-7-8-9-14(17)16(4)11-10-13(15)12(2)3/h12-13H,5-11,15H2,1-4H3. The summed E-state index contributed by atoms with van der Waals surface area (Å²) in [4.78, 5) is 13.6. The van der Waals surface area contributed by atoms with E-state index in [1.807, 2.05) is 11.9 Å². The van der Waals surface area contributed by atoms with E-state index in [2.05, 4.69) is 20.8 Å². The fourth-order valence-electron chi connectivity index (χ4n) is 1.69. The van der Waals surface area contributed by atoms with Crippen LogP contribution in [0.5, 0.6) is 0 Å². The van der Waals surface area contributed by atoms with E-state index in [0.29, 0.717) is 12.3 Å². The van der Waals surface area contributed by atoms with E-state index in [9.17, 15) is 4.79 Å². The molecule has 0 rings (SSSR count). The zero-order valence-electron chi connectivity index (χ0n) is 12.0. The van der Waals surface area contributed by atoms with Crippen LogP contribution in [0.1, 0.15) is 59.3 Å². The molecule has 0 aromatic carbocycles. The molecule has 0 radical (unpaired) electrons. The minimum atomic E-state index is 0.199. The van der Waals surface area contributed by atoms with Gasteiger partial charge >= 0.3 is 0 Å². The summed E-state index contributed by atoms with van der Waals surface area (Å²) in [6, 6.07) is 0.199. The Morgan fingerprint density at radius 2 is 1.88 bits per heavy atom. The van der Waals surface area contributed by atoms with Gasteiger partial charge in [0.1, 0.15) is 0 Å². The quantitative estimate of drug-likeness (QED) is 0.632. The lowest BCUT2D eigenvalue weighted by Gasteiger charge is -2.21. The number of nitrogens with zero attached hydrogens (tertiary/aromatic N) is 1. The summed E-state index contributed by atoms with van der Waals surface area (Å²) in [5.74, 6) is 0.750. The molecule has 0 saturated heterocycles. The molecular weight excluding hydrogens is 212 g/mol. The summed E-state index contributed by atoms with van der Waals surface area (Å²) < 4.78 is 0. The van der Waals surface area contributed by atoms with Crippen LogP contribution in [0.4, 0.5) is 0 Å². The molecule has 0 spiro atoms. The summed E-state index contributed by atoms with van der Waals surface area (Å²) in [7, 11) is 1.88. The van der Waals surface area contributed by atoms with Crippen molar-refractivity contribution >= 4 is 5.91 Å². The zero-order valence-corrected chi connectivity index (χ0v) is 12.0. The molecule has 0 saturated carbocycles. The summed E-state index contributed by atoms with van der Waals surface area (Å²) in [5, 5.41) is 0. The highest BCUT2D eigenvalue weighted by molar-refractivity contribution is 5.75. The number of unbranched alkanes of at least 4 members (excludes halogenated alkanes) is 3. The molecule has 0 aliphatic heterocycles. The van der Waals surface area contributed by atoms with Gasteiger partial charge in [-0.2, -0.15) is 0 Å². The first-order chi connectivity index (χ1) is 7.99. The molecule has 0 aliphatic carbocycles. The Kier molecular flexibility index (Phi) is 9.14. The highest BCUT2D eigenvalue weighted by Crippen LogP contribution is 2.07. The molecule has 0 aromatic heterocycles. The number of hydrogen-bond donors (Lipinski definition) is 1. The van der Waals surface area contributed by atoms with Gasteiger partial charge in [-0.15, -0.1) is 0 Å². The van der Waals surface area contributed by atoms with Crippen LogP contribution in [-0.2, 0) is 4.79 Å². The van der Waals surface area contributed by atoms with Crippen molar-refractivity contribution in [2.24, 2.45) is 11.7 Å². The Hall–Kier alpha value is -0.570. The van der Waals surface area contributed by atoms with Crippen LogP contribution in [-0.4, -0.2) is 30.4 Å². The highest BCUT2D eigenvalue weighted by Gasteiger charge is 2.12. The normalized spacial score (nSPS) is 12.8. The van der Waals surface area contributed by atoms with E-state index in [1.165, 1.54) is 19.3 Å². The van der Waals surface area contributed by atoms with Gasteiger partial charge in [0.2, 0.25) is 5.91 Å². The first-order valence-electron chi connectivity index (χ1n) is 6.98. The maximum Gasteiger partial charge on any atom is 0.222 e. The fourth-order valence-corrected chi connectivity index (χ4v) is 1.69. The SMILES string of the molecule is CCCCCCC(=O)N(C)CCC(N)C(C)C. The van der Waals surface area contributed by atoms with Crippen LogP contribution in [0, 0.1) is 5.92 Å². The van der Waals surface area contributed by atoms with E-state index >= 15 is 0 Å². The first-order valence-corrected chi connectivity index (χ1v) is 6.98. The summed E-state index contributed by atoms with van der Waals surface area (Å²) >= 11 is 0. The summed E-state index contributed by atoms with van der Waals surface area (Å²) in [5.41, 5.74) is 5.97. The minimum absolute atomic E-state index is 0.199. The Morgan fingerprint density at radius 3 is 2.41 bits per heavy atom. The average Bonchev–Trinajstić information content (AvgIpc) is 2.30. The largest absolute Gasteiger partial charge is 0.346 e. The van der Waals surface area contributed by atoms with Gasteiger partial charge in [0.05, 0.1) is 0 Å². The van der Waals surface area contributed by atoms with Gasteiger partial charge < -0.3 is 10.6 Å². The van der Waals surface area contributed by atoms with Crippen LogP contribution in [0.2, 0.25) is 0 Å². The summed E-state index contributed by atoms with van der Waals surface area (Å²) in [6.07, 6.45) is 6.22. The van der Waals surface area contributed by atoms with Crippen molar-refractivity contribution < 1.29 is 4.79 Å². The predicted octanol–water partition coefficient (Wildman–Crippen LogP) is 2.79. The molecule has 17 heavy (non-hydrogen) atoms. The van der Waals surface area contributed by atoms with Gasteiger partial charge in [-0.25, -0.2) is 0 Å². The zero-order chi connectivity index (χ0) is 13.3. The van der Waals surface area contributed by atoms with Crippen molar-refractivity contribution in [3.63, 3.8) is 0 Å². The van der Waals surface area contributed by atoms with Crippen LogP contribution in [0.25, 0.3) is 0 Å². The van der Waals surface area contributed by atoms with Crippen molar-refractivity contribution in [2.75, 3.05) is 13.6 Å². The maximum absolute atomic E-state index is 11.8. The lowest BCUT2D eigenvalue weighted by Crippen LogP contribution is -2.34. The maximum atomic E-state index is 11.8. The molecule has 2 N–H and O–H groups in total. The Balaban J connectivity index is 3.67. The number of hydrogen-bond acceptors (Lipinski definition) is 2. The monoisotopic (exact) mass is 242 g/mol. The molecule has 1 unspecified atom stereocenters. The molecule has 1 amide bonds. The van der Waals surface area contributed by atoms with Crippen molar-refractivity contribution in [2.45, 2.75) is 65.3 Å². The van der Waals surface area contributed by atoms with Gasteiger partial charge in [-0.1, -0.05) is 40.0 Å². The van der Waals surface area contributed by atoms with Gasteiger partial charge in [-0.3, -0.25) is 4.79 Å². The highest BCUT2D eigenvalue weighted by atomic mass is 16.2. The third kappa shape index (κ3) is 8.19. The van der Waals surface area contributed by atoms with Gasteiger partial charge in [0.15, 0.2) is 0 Å². The smallest absolute Gasteiger partial charge is 0.222 e. The molecule has 0 aromatic rings. The van der Waals surface area contributed by atoms with E-state index in [1.54, 1.807) is 0 Å². The Labute approximate surface area is 107 Å². The van der Waals surface area contributed by atoms with Gasteiger partial charge in [0, 0.05) is 26.1 Å². The van der Waals surface area contributed by atoms with Crippen molar-refractivity contribution in [1.29, 1.82) is 0 Å². The fraction of sp³-hybridized carbons (Fsp3) is 0.929. The van der Waals surface area contributed by atoms with E-state index in [0.717, 1.165) is 19.4 Å². The Morgan fingerprint density at radius 1 is 1.24 bits per heavy atom. The second-order valence-electron chi connectivity index (χ2n) is 5.32. The average molecular weight is 242 g/mol. The topological polar surface area (TPSA) is 46.3 Å². The molecule has 3 heteroatoms. The number of rotatable bonds is 9. The molecule has 102 valence electrons. The third-order valence-corrected chi connectivity index (χ3v) is 3.32. The van der Waals surface area contributed by atoms with Crippen LogP contribution in [0.15, 0.2) is 0 Å². The summed E-state index contributed by atoms with van der Waals surface area (Å²) in [6.45, 7) is 7.21. The molecule has 1 atom stereocenters. The number of carbonyl (C=O) groups is 1. The van der Waals surface area contributed by atoms with Crippen LogP contribution >= 0.6 is 0 Å². The van der Waals surface area contributed by atoms with Crippen molar-refractivity contribution in [1.82, 2.24) is 4.90 Å². The van der Waals surface area contributed by atoms with Gasteiger partial charge in [-0.05, 0) is 18.8 Å². The number of amides is 1. The lowest BCUT2D eigenvalue weighted by atomic mass is 10.0. The van der Waals surface area contributed by atoms with E-state index < -0.39 is 0 Å². The molecule has 0 bridgehead atoms. The lowest BCUT2D eigenvalue weighted by molar-refractivity contribution is -0.130. The second kappa shape index (κ2) is 9.46. The minimum Gasteiger partial charge on any atom is -0.346 e. The number of carbonyl (C=O) groups excluding carboxylic acids is 1. The second-order valence-corrected chi connectivity index (χ2v) is 5.32. The number of nitrogens with two attached hydrogens (primary N) is 1. The van der Waals surface area contributed by atoms with Crippen molar-refractivity contribution in [3.05, 3.63) is 0 Å². The van der Waals surface area contributed by atoms with Crippen LogP contribution in [0.3, 0.4) is 0 Å². The predicted molar refractivity (Wildman–Crippen MR) is 73.8 cm³/mol. The molecular formula is C14H30N2O. The van der Waals surface area contributed by atoms with Crippen molar-refractivity contribution in [3.8, 4) is 0 Å². The van der Waals surface area contributed by atoms with E-state index in [-0.39, 0.29) is 11.9 Å². The van der Waals surface area contributed by atoms with Gasteiger partial charge in [0.25, 0.3) is 0 Å². The Bertz CT molecular complexity index is 204. The van der Waals surface area contributed by atoms with Crippen LogP contribution < -0.4 is 5.73 Å².